The number of halogens is 1. The Balaban J connectivity index is 3.29. The summed E-state index contributed by atoms with van der Waals surface area (Å²) in [7, 11) is 1.37. The molecule has 0 aromatic heterocycles. The fourth-order valence-corrected chi connectivity index (χ4v) is 1.02. The van der Waals surface area contributed by atoms with Gasteiger partial charge in [-0.2, -0.15) is 0 Å². The van der Waals surface area contributed by atoms with Gasteiger partial charge in [-0.1, -0.05) is 0 Å². The maximum absolute atomic E-state index is 13.0. The van der Waals surface area contributed by atoms with Gasteiger partial charge in [0.25, 0.3) is 0 Å². The van der Waals surface area contributed by atoms with E-state index in [1.807, 2.05) is 0 Å². The van der Waals surface area contributed by atoms with Crippen LogP contribution in [-0.2, 0) is 0 Å². The van der Waals surface area contributed by atoms with Crippen molar-refractivity contribution in [2.75, 3.05) is 12.8 Å². The van der Waals surface area contributed by atoms with E-state index in [1.165, 1.54) is 13.2 Å². The molecule has 0 amide bonds. The van der Waals surface area contributed by atoms with Crippen LogP contribution < -0.4 is 10.5 Å². The number of anilines is 1. The standard InChI is InChI=1S/C7H8FNOS/c1-10-7-5(11)3-2-4(9)6(7)8/h2-3,11H,9H2,1H3. The lowest BCUT2D eigenvalue weighted by molar-refractivity contribution is 0.377. The second-order valence-corrected chi connectivity index (χ2v) is 2.50. The van der Waals surface area contributed by atoms with Gasteiger partial charge >= 0.3 is 0 Å². The molecule has 0 atom stereocenters. The third-order valence-corrected chi connectivity index (χ3v) is 1.66. The molecule has 1 aromatic carbocycles. The highest BCUT2D eigenvalue weighted by molar-refractivity contribution is 7.80. The molecule has 11 heavy (non-hydrogen) atoms. The number of ether oxygens (including phenoxy) is 1. The Morgan fingerprint density at radius 3 is 2.64 bits per heavy atom. The quantitative estimate of drug-likeness (QED) is 0.501. The van der Waals surface area contributed by atoms with Gasteiger partial charge in [-0.3, -0.25) is 0 Å². The number of rotatable bonds is 1. The monoisotopic (exact) mass is 173 g/mol. The Hall–Kier alpha value is -0.900. The third-order valence-electron chi connectivity index (χ3n) is 1.31. The number of thiol groups is 1. The number of benzene rings is 1. The van der Waals surface area contributed by atoms with Gasteiger partial charge in [0.05, 0.1) is 12.8 Å². The van der Waals surface area contributed by atoms with E-state index in [2.05, 4.69) is 12.6 Å². The molecule has 0 radical (unpaired) electrons. The van der Waals surface area contributed by atoms with Gasteiger partial charge < -0.3 is 10.5 Å². The Labute approximate surface area is 69.6 Å². The molecule has 0 fully saturated rings. The predicted octanol–water partition coefficient (Wildman–Crippen LogP) is 1.71. The van der Waals surface area contributed by atoms with Crippen LogP contribution in [0.15, 0.2) is 17.0 Å². The average molecular weight is 173 g/mol. The maximum Gasteiger partial charge on any atom is 0.189 e. The lowest BCUT2D eigenvalue weighted by Crippen LogP contribution is -1.95. The molecule has 1 rings (SSSR count). The Bertz CT molecular complexity index is 277. The van der Waals surface area contributed by atoms with Gasteiger partial charge in [0.1, 0.15) is 0 Å². The molecule has 0 aliphatic heterocycles. The zero-order valence-corrected chi connectivity index (χ0v) is 6.86. The van der Waals surface area contributed by atoms with Gasteiger partial charge in [-0.15, -0.1) is 12.6 Å². The minimum atomic E-state index is -0.556. The Morgan fingerprint density at radius 2 is 2.18 bits per heavy atom. The van der Waals surface area contributed by atoms with Gasteiger partial charge in [-0.05, 0) is 12.1 Å². The zero-order chi connectivity index (χ0) is 8.43. The van der Waals surface area contributed by atoms with Crippen molar-refractivity contribution in [3.05, 3.63) is 17.9 Å². The molecular weight excluding hydrogens is 165 g/mol. The topological polar surface area (TPSA) is 35.2 Å². The molecule has 60 valence electrons. The van der Waals surface area contributed by atoms with Gasteiger partial charge in [0.15, 0.2) is 11.6 Å². The van der Waals surface area contributed by atoms with Crippen molar-refractivity contribution in [2.45, 2.75) is 4.90 Å². The van der Waals surface area contributed by atoms with Crippen LogP contribution in [0.25, 0.3) is 0 Å². The molecule has 4 heteroatoms. The van der Waals surface area contributed by atoms with E-state index in [4.69, 9.17) is 10.5 Å². The van der Waals surface area contributed by atoms with Crippen LogP contribution in [0.1, 0.15) is 0 Å². The van der Waals surface area contributed by atoms with Crippen molar-refractivity contribution in [3.63, 3.8) is 0 Å². The normalized spacial score (nSPS) is 9.73. The predicted molar refractivity (Wildman–Crippen MR) is 44.6 cm³/mol. The fraction of sp³-hybridized carbons (Fsp3) is 0.143. The molecular formula is C7H8FNOS. The molecule has 1 aromatic rings. The second-order valence-electron chi connectivity index (χ2n) is 2.02. The molecule has 0 bridgehead atoms. The highest BCUT2D eigenvalue weighted by Crippen LogP contribution is 2.29. The molecule has 0 spiro atoms. The average Bonchev–Trinajstić information content (AvgIpc) is 1.99. The van der Waals surface area contributed by atoms with Crippen molar-refractivity contribution < 1.29 is 9.13 Å². The summed E-state index contributed by atoms with van der Waals surface area (Å²) in [6.07, 6.45) is 0. The first-order valence-electron chi connectivity index (χ1n) is 2.97. The van der Waals surface area contributed by atoms with E-state index >= 15 is 0 Å². The molecule has 0 saturated carbocycles. The summed E-state index contributed by atoms with van der Waals surface area (Å²) >= 11 is 3.97. The van der Waals surface area contributed by atoms with E-state index in [1.54, 1.807) is 6.07 Å². The van der Waals surface area contributed by atoms with Crippen molar-refractivity contribution in [2.24, 2.45) is 0 Å². The minimum Gasteiger partial charge on any atom is -0.492 e. The number of hydrogen-bond donors (Lipinski definition) is 2. The number of hydrogen-bond acceptors (Lipinski definition) is 3. The number of nitrogens with two attached hydrogens (primary N) is 1. The molecule has 0 saturated heterocycles. The Morgan fingerprint density at radius 1 is 1.55 bits per heavy atom. The summed E-state index contributed by atoms with van der Waals surface area (Å²) in [4.78, 5) is 0.444. The lowest BCUT2D eigenvalue weighted by Gasteiger charge is -2.05. The Kier molecular flexibility index (Phi) is 2.24. The van der Waals surface area contributed by atoms with Crippen molar-refractivity contribution in [3.8, 4) is 5.75 Å². The van der Waals surface area contributed by atoms with E-state index in [9.17, 15) is 4.39 Å². The van der Waals surface area contributed by atoms with E-state index < -0.39 is 5.82 Å². The third kappa shape index (κ3) is 1.40. The SMILES string of the molecule is COc1c(S)ccc(N)c1F. The van der Waals surface area contributed by atoms with Gasteiger partial charge in [-0.25, -0.2) is 4.39 Å². The maximum atomic E-state index is 13.0. The first kappa shape index (κ1) is 8.20. The molecule has 0 unspecified atom stereocenters. The summed E-state index contributed by atoms with van der Waals surface area (Å²) in [6.45, 7) is 0. The van der Waals surface area contributed by atoms with Crippen LogP contribution in [0.3, 0.4) is 0 Å². The number of nitrogen functional groups attached to an aromatic ring is 1. The van der Waals surface area contributed by atoms with Crippen LogP contribution in [0.5, 0.6) is 5.75 Å². The van der Waals surface area contributed by atoms with Crippen LogP contribution in [0, 0.1) is 5.82 Å². The summed E-state index contributed by atoms with van der Waals surface area (Å²) in [5.41, 5.74) is 5.35. The van der Waals surface area contributed by atoms with E-state index in [0.29, 0.717) is 4.90 Å². The van der Waals surface area contributed by atoms with Crippen molar-refractivity contribution >= 4 is 18.3 Å². The highest BCUT2D eigenvalue weighted by atomic mass is 32.1. The van der Waals surface area contributed by atoms with E-state index in [0.717, 1.165) is 0 Å². The highest BCUT2D eigenvalue weighted by Gasteiger charge is 2.08. The second kappa shape index (κ2) is 3.00. The largest absolute Gasteiger partial charge is 0.492 e. The first-order chi connectivity index (χ1) is 5.16. The van der Waals surface area contributed by atoms with Crippen LogP contribution in [-0.4, -0.2) is 7.11 Å². The van der Waals surface area contributed by atoms with Crippen molar-refractivity contribution in [1.29, 1.82) is 0 Å². The van der Waals surface area contributed by atoms with Gasteiger partial charge in [0.2, 0.25) is 0 Å². The number of methoxy groups -OCH3 is 1. The molecule has 2 N–H and O–H groups in total. The molecule has 0 aliphatic rings. The summed E-state index contributed by atoms with van der Waals surface area (Å²) < 4.78 is 17.7. The first-order valence-corrected chi connectivity index (χ1v) is 3.42. The van der Waals surface area contributed by atoms with Crippen LogP contribution in [0.4, 0.5) is 10.1 Å². The molecule has 2 nitrogen and oxygen atoms in total. The summed E-state index contributed by atoms with van der Waals surface area (Å²) in [6, 6.07) is 3.03. The molecule has 0 heterocycles. The molecule has 0 aliphatic carbocycles. The smallest absolute Gasteiger partial charge is 0.189 e. The lowest BCUT2D eigenvalue weighted by atomic mass is 10.3. The summed E-state index contributed by atoms with van der Waals surface area (Å²) in [5, 5.41) is 0. The summed E-state index contributed by atoms with van der Waals surface area (Å²) in [5.74, 6) is -0.465. The van der Waals surface area contributed by atoms with Crippen LogP contribution >= 0.6 is 12.6 Å². The van der Waals surface area contributed by atoms with Gasteiger partial charge in [0, 0.05) is 4.90 Å². The van der Waals surface area contributed by atoms with Crippen LogP contribution in [0.2, 0.25) is 0 Å². The van der Waals surface area contributed by atoms with Crippen molar-refractivity contribution in [1.82, 2.24) is 0 Å². The zero-order valence-electron chi connectivity index (χ0n) is 5.97. The van der Waals surface area contributed by atoms with E-state index in [-0.39, 0.29) is 11.4 Å². The minimum absolute atomic E-state index is 0.0691. The fourth-order valence-electron chi connectivity index (χ4n) is 0.755.